The van der Waals surface area contributed by atoms with Gasteiger partial charge in [0.15, 0.2) is 6.61 Å². The van der Waals surface area contributed by atoms with Crippen LogP contribution in [0.2, 0.25) is 0 Å². The third-order valence-corrected chi connectivity index (χ3v) is 7.71. The molecule has 7 nitrogen and oxygen atoms in total. The zero-order valence-electron chi connectivity index (χ0n) is 16.5. The number of rotatable bonds is 4. The normalized spacial score (nSPS) is 17.2. The molecule has 0 aliphatic carbocycles. The van der Waals surface area contributed by atoms with E-state index in [9.17, 15) is 18.0 Å². The van der Waals surface area contributed by atoms with Gasteiger partial charge in [0.05, 0.1) is 23.5 Å². The quantitative estimate of drug-likeness (QED) is 0.672. The van der Waals surface area contributed by atoms with Crippen molar-refractivity contribution in [3.8, 4) is 0 Å². The molecule has 0 saturated carbocycles. The van der Waals surface area contributed by atoms with Crippen molar-refractivity contribution >= 4 is 45.0 Å². The number of piperidine rings is 1. The van der Waals surface area contributed by atoms with Crippen molar-refractivity contribution < 1.29 is 22.7 Å². The van der Waals surface area contributed by atoms with E-state index in [1.165, 1.54) is 4.31 Å². The first-order valence-electron chi connectivity index (χ1n) is 9.65. The first-order chi connectivity index (χ1) is 14.3. The highest BCUT2D eigenvalue weighted by atomic mass is 32.2. The van der Waals surface area contributed by atoms with Gasteiger partial charge in [0.1, 0.15) is 0 Å². The van der Waals surface area contributed by atoms with Crippen molar-refractivity contribution in [2.24, 2.45) is 5.92 Å². The molecule has 0 bridgehead atoms. The Balaban J connectivity index is 1.43. The summed E-state index contributed by atoms with van der Waals surface area (Å²) < 4.78 is 29.9. The van der Waals surface area contributed by atoms with Crippen LogP contribution in [0.4, 0.5) is 11.4 Å². The summed E-state index contributed by atoms with van der Waals surface area (Å²) in [7, 11) is -3.25. The Hall–Kier alpha value is -2.36. The predicted molar refractivity (Wildman–Crippen MR) is 114 cm³/mol. The maximum atomic E-state index is 13.0. The molecular weight excluding hydrogens is 424 g/mol. The third-order valence-electron chi connectivity index (χ3n) is 5.28. The monoisotopic (exact) mass is 446 g/mol. The number of carbonyl (C=O) groups is 2. The van der Waals surface area contributed by atoms with Gasteiger partial charge in [-0.15, -0.1) is 0 Å². The number of benzene rings is 2. The van der Waals surface area contributed by atoms with E-state index in [0.29, 0.717) is 12.8 Å². The molecule has 30 heavy (non-hydrogen) atoms. The molecule has 4 rings (SSSR count). The number of fused-ring (bicyclic) bond motifs is 2. The summed E-state index contributed by atoms with van der Waals surface area (Å²) in [5.74, 6) is -1.17. The second kappa shape index (κ2) is 8.41. The van der Waals surface area contributed by atoms with Gasteiger partial charge in [-0.3, -0.25) is 14.5 Å². The molecule has 0 N–H and O–H groups in total. The van der Waals surface area contributed by atoms with Gasteiger partial charge in [-0.1, -0.05) is 36.0 Å². The van der Waals surface area contributed by atoms with Crippen LogP contribution in [0.25, 0.3) is 0 Å². The van der Waals surface area contributed by atoms with Crippen molar-refractivity contribution in [3.05, 3.63) is 48.5 Å². The summed E-state index contributed by atoms with van der Waals surface area (Å²) in [5.41, 5.74) is 1.53. The van der Waals surface area contributed by atoms with Gasteiger partial charge >= 0.3 is 5.97 Å². The van der Waals surface area contributed by atoms with E-state index in [-0.39, 0.29) is 25.6 Å². The molecule has 9 heteroatoms. The van der Waals surface area contributed by atoms with E-state index in [0.717, 1.165) is 27.4 Å². The average Bonchev–Trinajstić information content (AvgIpc) is 2.75. The van der Waals surface area contributed by atoms with Crippen molar-refractivity contribution in [2.75, 3.05) is 30.9 Å². The molecule has 2 aliphatic heterocycles. The Morgan fingerprint density at radius 3 is 2.07 bits per heavy atom. The van der Waals surface area contributed by atoms with Crippen LogP contribution in [-0.2, 0) is 24.3 Å². The van der Waals surface area contributed by atoms with Crippen molar-refractivity contribution in [1.29, 1.82) is 0 Å². The second-order valence-corrected chi connectivity index (χ2v) is 10.4. The van der Waals surface area contributed by atoms with E-state index >= 15 is 0 Å². The molecule has 2 aromatic carbocycles. The van der Waals surface area contributed by atoms with Crippen molar-refractivity contribution in [3.63, 3.8) is 0 Å². The van der Waals surface area contributed by atoms with Gasteiger partial charge in [0.2, 0.25) is 10.0 Å². The highest BCUT2D eigenvalue weighted by Crippen LogP contribution is 2.47. The molecule has 0 aromatic heterocycles. The van der Waals surface area contributed by atoms with E-state index in [4.69, 9.17) is 4.74 Å². The SMILES string of the molecule is CS(=O)(=O)N1CCC(C(=O)OCC(=O)N2c3ccccc3Sc3ccccc32)CC1. The van der Waals surface area contributed by atoms with Crippen molar-refractivity contribution in [2.45, 2.75) is 22.6 Å². The lowest BCUT2D eigenvalue weighted by Gasteiger charge is -2.31. The minimum atomic E-state index is -3.25. The molecule has 0 spiro atoms. The van der Waals surface area contributed by atoms with Crippen LogP contribution in [0.5, 0.6) is 0 Å². The van der Waals surface area contributed by atoms with Crippen LogP contribution in [-0.4, -0.2) is 50.6 Å². The van der Waals surface area contributed by atoms with Crippen LogP contribution in [0.3, 0.4) is 0 Å². The van der Waals surface area contributed by atoms with Gasteiger partial charge in [0, 0.05) is 22.9 Å². The lowest BCUT2D eigenvalue weighted by Crippen LogP contribution is -2.40. The molecule has 1 saturated heterocycles. The number of carbonyl (C=O) groups excluding carboxylic acids is 2. The fraction of sp³-hybridized carbons (Fsp3) is 0.333. The minimum Gasteiger partial charge on any atom is -0.455 e. The molecule has 0 unspecified atom stereocenters. The molecule has 2 aliphatic rings. The Morgan fingerprint density at radius 2 is 1.53 bits per heavy atom. The third kappa shape index (κ3) is 4.23. The van der Waals surface area contributed by atoms with Gasteiger partial charge < -0.3 is 4.74 Å². The lowest BCUT2D eigenvalue weighted by molar-refractivity contribution is -0.153. The molecule has 2 aromatic rings. The van der Waals surface area contributed by atoms with Crippen LogP contribution in [0, 0.1) is 5.92 Å². The zero-order chi connectivity index (χ0) is 21.3. The molecular formula is C21H22N2O5S2. The predicted octanol–water partition coefficient (Wildman–Crippen LogP) is 3.03. The average molecular weight is 447 g/mol. The maximum absolute atomic E-state index is 13.0. The first-order valence-corrected chi connectivity index (χ1v) is 12.3. The molecule has 2 heterocycles. The van der Waals surface area contributed by atoms with E-state index in [1.54, 1.807) is 16.7 Å². The molecule has 1 fully saturated rings. The molecule has 158 valence electrons. The second-order valence-electron chi connectivity index (χ2n) is 7.31. The Bertz CT molecular complexity index is 1030. The standard InChI is InChI=1S/C21H22N2O5S2/c1-30(26,27)22-12-10-15(11-13-22)21(25)28-14-20(24)23-16-6-2-4-8-18(16)29-19-9-5-3-7-17(19)23/h2-9,15H,10-14H2,1H3. The van der Waals surface area contributed by atoms with Crippen LogP contribution in [0.1, 0.15) is 12.8 Å². The summed E-state index contributed by atoms with van der Waals surface area (Å²) in [4.78, 5) is 29.0. The van der Waals surface area contributed by atoms with Crippen LogP contribution < -0.4 is 4.90 Å². The minimum absolute atomic E-state index is 0.288. The summed E-state index contributed by atoms with van der Waals surface area (Å²) in [5, 5.41) is 0. The number of hydrogen-bond acceptors (Lipinski definition) is 6. The Morgan fingerprint density at radius 1 is 1.00 bits per heavy atom. The Labute approximate surface area is 180 Å². The molecule has 0 radical (unpaired) electrons. The maximum Gasteiger partial charge on any atom is 0.309 e. The van der Waals surface area contributed by atoms with E-state index < -0.39 is 21.9 Å². The summed E-state index contributed by atoms with van der Waals surface area (Å²) in [6.07, 6.45) is 1.95. The zero-order valence-corrected chi connectivity index (χ0v) is 18.1. The van der Waals surface area contributed by atoms with Gasteiger partial charge in [-0.25, -0.2) is 12.7 Å². The number of anilines is 2. The number of para-hydroxylation sites is 2. The van der Waals surface area contributed by atoms with Crippen molar-refractivity contribution in [1.82, 2.24) is 4.31 Å². The highest BCUT2D eigenvalue weighted by molar-refractivity contribution is 7.99. The summed E-state index contributed by atoms with van der Waals surface area (Å²) in [6.45, 7) is 0.214. The number of esters is 1. The fourth-order valence-corrected chi connectivity index (χ4v) is 5.64. The number of nitrogens with zero attached hydrogens (tertiary/aromatic N) is 2. The molecule has 1 amide bonds. The largest absolute Gasteiger partial charge is 0.455 e. The number of amides is 1. The van der Waals surface area contributed by atoms with Crippen LogP contribution in [0.15, 0.2) is 58.3 Å². The van der Waals surface area contributed by atoms with Crippen LogP contribution >= 0.6 is 11.8 Å². The first kappa shape index (κ1) is 20.9. The lowest BCUT2D eigenvalue weighted by atomic mass is 9.98. The topological polar surface area (TPSA) is 84.0 Å². The summed E-state index contributed by atoms with van der Waals surface area (Å²) in [6, 6.07) is 15.2. The highest BCUT2D eigenvalue weighted by Gasteiger charge is 2.32. The number of ether oxygens (including phenoxy) is 1. The fourth-order valence-electron chi connectivity index (χ4n) is 3.71. The van der Waals surface area contributed by atoms with Gasteiger partial charge in [0.25, 0.3) is 5.91 Å². The van der Waals surface area contributed by atoms with E-state index in [1.807, 2.05) is 48.5 Å². The Kier molecular flexibility index (Phi) is 5.86. The van der Waals surface area contributed by atoms with Gasteiger partial charge in [-0.05, 0) is 37.1 Å². The van der Waals surface area contributed by atoms with Gasteiger partial charge in [-0.2, -0.15) is 0 Å². The summed E-state index contributed by atoms with van der Waals surface area (Å²) >= 11 is 1.60. The molecule has 0 atom stereocenters. The smallest absolute Gasteiger partial charge is 0.309 e. The number of hydrogen-bond donors (Lipinski definition) is 0. The number of sulfonamides is 1. The van der Waals surface area contributed by atoms with E-state index in [2.05, 4.69) is 0 Å².